The lowest BCUT2D eigenvalue weighted by atomic mass is 10.1. The summed E-state index contributed by atoms with van der Waals surface area (Å²) in [6, 6.07) is 0. The molecule has 0 amide bonds. The predicted octanol–water partition coefficient (Wildman–Crippen LogP) is 0.389. The number of carbonyl (C=O) groups excluding carboxylic acids is 1. The van der Waals surface area contributed by atoms with Crippen LogP contribution in [0.5, 0.6) is 0 Å². The SMILES string of the molecule is CC(C)S(=O)(=O)N1CCC(=O)CC1. The molecule has 0 spiro atoms. The summed E-state index contributed by atoms with van der Waals surface area (Å²) in [5.41, 5.74) is 0. The third kappa shape index (κ3) is 2.28. The summed E-state index contributed by atoms with van der Waals surface area (Å²) >= 11 is 0. The minimum Gasteiger partial charge on any atom is -0.300 e. The highest BCUT2D eigenvalue weighted by Gasteiger charge is 2.28. The molecule has 1 aliphatic rings. The quantitative estimate of drug-likeness (QED) is 0.655. The number of piperidine rings is 1. The Kier molecular flexibility index (Phi) is 3.08. The van der Waals surface area contributed by atoms with Gasteiger partial charge in [-0.1, -0.05) is 0 Å². The van der Waals surface area contributed by atoms with Crippen LogP contribution in [0.4, 0.5) is 0 Å². The Morgan fingerprint density at radius 2 is 1.69 bits per heavy atom. The molecule has 0 bridgehead atoms. The number of rotatable bonds is 2. The van der Waals surface area contributed by atoms with E-state index in [1.54, 1.807) is 13.8 Å². The Labute approximate surface area is 79.0 Å². The fourth-order valence-corrected chi connectivity index (χ4v) is 2.58. The van der Waals surface area contributed by atoms with E-state index in [-0.39, 0.29) is 11.0 Å². The first kappa shape index (κ1) is 10.7. The van der Waals surface area contributed by atoms with Gasteiger partial charge in [0, 0.05) is 25.9 Å². The minimum atomic E-state index is -3.14. The van der Waals surface area contributed by atoms with E-state index in [0.29, 0.717) is 25.9 Å². The average Bonchev–Trinajstić information content (AvgIpc) is 2.04. The first-order chi connectivity index (χ1) is 5.94. The third-order valence-electron chi connectivity index (χ3n) is 2.24. The fourth-order valence-electron chi connectivity index (χ4n) is 1.29. The van der Waals surface area contributed by atoms with Crippen molar-refractivity contribution in [1.82, 2.24) is 4.31 Å². The van der Waals surface area contributed by atoms with Crippen LogP contribution in [0.2, 0.25) is 0 Å². The van der Waals surface area contributed by atoms with E-state index in [4.69, 9.17) is 0 Å². The molecular weight excluding hydrogens is 190 g/mol. The van der Waals surface area contributed by atoms with E-state index in [0.717, 1.165) is 0 Å². The zero-order chi connectivity index (χ0) is 10.1. The number of carbonyl (C=O) groups is 1. The van der Waals surface area contributed by atoms with Crippen molar-refractivity contribution in [1.29, 1.82) is 0 Å². The van der Waals surface area contributed by atoms with Gasteiger partial charge in [-0.15, -0.1) is 0 Å². The normalized spacial score (nSPS) is 21.0. The smallest absolute Gasteiger partial charge is 0.216 e. The van der Waals surface area contributed by atoms with Crippen LogP contribution in [0.25, 0.3) is 0 Å². The van der Waals surface area contributed by atoms with Crippen molar-refractivity contribution in [3.05, 3.63) is 0 Å². The van der Waals surface area contributed by atoms with Gasteiger partial charge in [-0.25, -0.2) is 12.7 Å². The van der Waals surface area contributed by atoms with Gasteiger partial charge in [0.15, 0.2) is 0 Å². The highest BCUT2D eigenvalue weighted by Crippen LogP contribution is 2.14. The molecule has 0 unspecified atom stereocenters. The second-order valence-electron chi connectivity index (χ2n) is 3.53. The third-order valence-corrected chi connectivity index (χ3v) is 4.51. The summed E-state index contributed by atoms with van der Waals surface area (Å²) in [5, 5.41) is -0.388. The highest BCUT2D eigenvalue weighted by atomic mass is 32.2. The molecule has 0 aliphatic carbocycles. The second-order valence-corrected chi connectivity index (χ2v) is 6.02. The molecule has 1 saturated heterocycles. The lowest BCUT2D eigenvalue weighted by Gasteiger charge is -2.26. The van der Waals surface area contributed by atoms with Crippen LogP contribution in [0.3, 0.4) is 0 Å². The van der Waals surface area contributed by atoms with E-state index < -0.39 is 10.0 Å². The summed E-state index contributed by atoms with van der Waals surface area (Å²) in [5.74, 6) is 0.162. The van der Waals surface area contributed by atoms with Crippen molar-refractivity contribution in [2.24, 2.45) is 0 Å². The van der Waals surface area contributed by atoms with Crippen LogP contribution in [-0.2, 0) is 14.8 Å². The Morgan fingerprint density at radius 1 is 1.23 bits per heavy atom. The van der Waals surface area contributed by atoms with Crippen LogP contribution in [-0.4, -0.2) is 36.8 Å². The van der Waals surface area contributed by atoms with E-state index in [1.807, 2.05) is 0 Å². The largest absolute Gasteiger partial charge is 0.300 e. The van der Waals surface area contributed by atoms with Gasteiger partial charge in [-0.3, -0.25) is 4.79 Å². The van der Waals surface area contributed by atoms with Crippen LogP contribution in [0, 0.1) is 0 Å². The average molecular weight is 205 g/mol. The van der Waals surface area contributed by atoms with Crippen molar-refractivity contribution in [2.75, 3.05) is 13.1 Å². The summed E-state index contributed by atoms with van der Waals surface area (Å²) < 4.78 is 24.6. The Bertz CT molecular complexity index is 285. The maximum absolute atomic E-state index is 11.6. The molecule has 1 aliphatic heterocycles. The molecule has 1 fully saturated rings. The fraction of sp³-hybridized carbons (Fsp3) is 0.875. The molecule has 76 valence electrons. The minimum absolute atomic E-state index is 0.162. The van der Waals surface area contributed by atoms with Gasteiger partial charge in [0.25, 0.3) is 0 Å². The Hall–Kier alpha value is -0.420. The second kappa shape index (κ2) is 3.75. The lowest BCUT2D eigenvalue weighted by molar-refractivity contribution is -0.120. The maximum atomic E-state index is 11.6. The monoisotopic (exact) mass is 205 g/mol. The van der Waals surface area contributed by atoms with Crippen LogP contribution >= 0.6 is 0 Å². The van der Waals surface area contributed by atoms with Crippen molar-refractivity contribution in [2.45, 2.75) is 31.9 Å². The molecule has 13 heavy (non-hydrogen) atoms. The van der Waals surface area contributed by atoms with Gasteiger partial charge in [0.2, 0.25) is 10.0 Å². The van der Waals surface area contributed by atoms with Crippen LogP contribution in [0.15, 0.2) is 0 Å². The van der Waals surface area contributed by atoms with Gasteiger partial charge in [0.05, 0.1) is 5.25 Å². The van der Waals surface area contributed by atoms with Gasteiger partial charge < -0.3 is 0 Å². The molecule has 0 atom stereocenters. The van der Waals surface area contributed by atoms with Crippen molar-refractivity contribution in [3.8, 4) is 0 Å². The van der Waals surface area contributed by atoms with Gasteiger partial charge >= 0.3 is 0 Å². The number of nitrogens with zero attached hydrogens (tertiary/aromatic N) is 1. The number of sulfonamides is 1. The molecule has 5 heteroatoms. The molecule has 0 radical (unpaired) electrons. The van der Waals surface area contributed by atoms with E-state index in [2.05, 4.69) is 0 Å². The molecule has 0 aromatic rings. The molecule has 0 aromatic heterocycles. The summed E-state index contributed by atoms with van der Waals surface area (Å²) in [7, 11) is -3.14. The summed E-state index contributed by atoms with van der Waals surface area (Å²) in [4.78, 5) is 10.9. The summed E-state index contributed by atoms with van der Waals surface area (Å²) in [6.45, 7) is 4.04. The van der Waals surface area contributed by atoms with Crippen LogP contribution in [0.1, 0.15) is 26.7 Å². The van der Waals surface area contributed by atoms with Gasteiger partial charge in [-0.05, 0) is 13.8 Å². The molecule has 1 heterocycles. The zero-order valence-corrected chi connectivity index (χ0v) is 8.80. The lowest BCUT2D eigenvalue weighted by Crippen LogP contribution is -2.41. The van der Waals surface area contributed by atoms with Crippen molar-refractivity contribution >= 4 is 15.8 Å². The van der Waals surface area contributed by atoms with Crippen LogP contribution < -0.4 is 0 Å². The van der Waals surface area contributed by atoms with E-state index in [9.17, 15) is 13.2 Å². The topological polar surface area (TPSA) is 54.5 Å². The number of ketones is 1. The van der Waals surface area contributed by atoms with E-state index in [1.165, 1.54) is 4.31 Å². The molecule has 0 saturated carbocycles. The number of Topliss-reactive ketones (excluding diaryl/α,β-unsaturated/α-hetero) is 1. The highest BCUT2D eigenvalue weighted by molar-refractivity contribution is 7.89. The first-order valence-corrected chi connectivity index (χ1v) is 5.95. The van der Waals surface area contributed by atoms with E-state index >= 15 is 0 Å². The molecular formula is C8H15NO3S. The molecule has 1 rings (SSSR count). The standard InChI is InChI=1S/C8H15NO3S/c1-7(2)13(11,12)9-5-3-8(10)4-6-9/h7H,3-6H2,1-2H3. The van der Waals surface area contributed by atoms with Crippen molar-refractivity contribution < 1.29 is 13.2 Å². The molecule has 0 aromatic carbocycles. The molecule has 4 nitrogen and oxygen atoms in total. The zero-order valence-electron chi connectivity index (χ0n) is 7.99. The van der Waals surface area contributed by atoms with Gasteiger partial charge in [0.1, 0.15) is 5.78 Å². The Balaban J connectivity index is 2.69. The predicted molar refractivity (Wildman–Crippen MR) is 49.9 cm³/mol. The van der Waals surface area contributed by atoms with Crippen molar-refractivity contribution in [3.63, 3.8) is 0 Å². The number of hydrogen-bond donors (Lipinski definition) is 0. The molecule has 0 N–H and O–H groups in total. The first-order valence-electron chi connectivity index (χ1n) is 4.45. The maximum Gasteiger partial charge on any atom is 0.216 e. The number of hydrogen-bond acceptors (Lipinski definition) is 3. The van der Waals surface area contributed by atoms with Gasteiger partial charge in [-0.2, -0.15) is 0 Å². The summed E-state index contributed by atoms with van der Waals surface area (Å²) in [6.07, 6.45) is 0.734. The Morgan fingerprint density at radius 3 is 2.08 bits per heavy atom.